The van der Waals surface area contributed by atoms with E-state index in [0.29, 0.717) is 5.91 Å². The zero-order chi connectivity index (χ0) is 14.2. The molecular weight excluding hydrogens is 252 g/mol. The first-order valence-electron chi connectivity index (χ1n) is 8.29. The lowest BCUT2D eigenvalue weighted by Crippen LogP contribution is -2.53. The molecule has 2 aliphatic carbocycles. The van der Waals surface area contributed by atoms with Gasteiger partial charge in [0.15, 0.2) is 0 Å². The zero-order valence-corrected chi connectivity index (χ0v) is 12.9. The molecule has 1 heterocycles. The number of amides is 1. The first-order valence-corrected chi connectivity index (χ1v) is 8.29. The Kier molecular flexibility index (Phi) is 3.80. The van der Waals surface area contributed by atoms with Crippen LogP contribution in [0.25, 0.3) is 0 Å². The number of carbonyl (C=O) groups excluding carboxylic acids is 1. The Hall–Kier alpha value is -0.610. The highest BCUT2D eigenvalue weighted by molar-refractivity contribution is 5.89. The molecule has 1 N–H and O–H groups in total. The summed E-state index contributed by atoms with van der Waals surface area (Å²) in [5.74, 6) is 0.344. The van der Waals surface area contributed by atoms with E-state index in [9.17, 15) is 4.79 Å². The van der Waals surface area contributed by atoms with Gasteiger partial charge >= 0.3 is 0 Å². The van der Waals surface area contributed by atoms with Crippen molar-refractivity contribution >= 4 is 5.91 Å². The van der Waals surface area contributed by atoms with Crippen molar-refractivity contribution in [1.82, 2.24) is 10.2 Å². The van der Waals surface area contributed by atoms with Gasteiger partial charge in [-0.3, -0.25) is 10.1 Å². The van der Waals surface area contributed by atoms with E-state index in [-0.39, 0.29) is 17.3 Å². The first-order chi connectivity index (χ1) is 9.65. The van der Waals surface area contributed by atoms with Crippen LogP contribution in [0.4, 0.5) is 0 Å². The molecule has 114 valence electrons. The minimum Gasteiger partial charge on any atom is -0.376 e. The van der Waals surface area contributed by atoms with Crippen molar-refractivity contribution in [1.29, 1.82) is 0 Å². The number of hydrogen-bond acceptors (Lipinski definition) is 3. The Balaban J connectivity index is 1.77. The SMILES string of the molecule is CCCC1NC2(CCCC2)C(=O)N1CC1(OC)CCC1. The number of hydrogen-bond donors (Lipinski definition) is 1. The molecular formula is C16H28N2O2. The van der Waals surface area contributed by atoms with Crippen molar-refractivity contribution in [3.63, 3.8) is 0 Å². The van der Waals surface area contributed by atoms with Crippen LogP contribution in [-0.4, -0.2) is 41.8 Å². The van der Waals surface area contributed by atoms with E-state index in [1.807, 2.05) is 0 Å². The molecule has 4 nitrogen and oxygen atoms in total. The fourth-order valence-electron chi connectivity index (χ4n) is 4.20. The average Bonchev–Trinajstić information content (AvgIpc) is 2.95. The number of methoxy groups -OCH3 is 1. The van der Waals surface area contributed by atoms with E-state index in [4.69, 9.17) is 4.74 Å². The smallest absolute Gasteiger partial charge is 0.244 e. The minimum atomic E-state index is -0.238. The Bertz CT molecular complexity index is 367. The molecule has 0 aromatic rings. The zero-order valence-electron chi connectivity index (χ0n) is 12.9. The van der Waals surface area contributed by atoms with Crippen LogP contribution in [0.5, 0.6) is 0 Å². The van der Waals surface area contributed by atoms with Gasteiger partial charge in [-0.2, -0.15) is 0 Å². The summed E-state index contributed by atoms with van der Waals surface area (Å²) in [6.07, 6.45) is 10.2. The highest BCUT2D eigenvalue weighted by atomic mass is 16.5. The van der Waals surface area contributed by atoms with E-state index < -0.39 is 0 Å². The second kappa shape index (κ2) is 5.30. The maximum absolute atomic E-state index is 13.0. The van der Waals surface area contributed by atoms with Crippen molar-refractivity contribution in [3.05, 3.63) is 0 Å². The second-order valence-corrected chi connectivity index (χ2v) is 6.91. The van der Waals surface area contributed by atoms with Crippen LogP contribution in [0.15, 0.2) is 0 Å². The molecule has 1 atom stereocenters. The molecule has 1 amide bonds. The second-order valence-electron chi connectivity index (χ2n) is 6.91. The monoisotopic (exact) mass is 280 g/mol. The Morgan fingerprint density at radius 2 is 1.95 bits per heavy atom. The van der Waals surface area contributed by atoms with Gasteiger partial charge in [-0.15, -0.1) is 0 Å². The van der Waals surface area contributed by atoms with Crippen LogP contribution < -0.4 is 5.32 Å². The summed E-state index contributed by atoms with van der Waals surface area (Å²) in [6, 6.07) is 0. The van der Waals surface area contributed by atoms with Gasteiger partial charge in [-0.25, -0.2) is 0 Å². The molecule has 1 unspecified atom stereocenters. The number of nitrogens with zero attached hydrogens (tertiary/aromatic N) is 1. The lowest BCUT2D eigenvalue weighted by molar-refractivity contribution is -0.142. The fourth-order valence-corrected chi connectivity index (χ4v) is 4.20. The van der Waals surface area contributed by atoms with Crippen molar-refractivity contribution in [2.75, 3.05) is 13.7 Å². The summed E-state index contributed by atoms with van der Waals surface area (Å²) in [6.45, 7) is 2.97. The van der Waals surface area contributed by atoms with Crippen LogP contribution in [-0.2, 0) is 9.53 Å². The molecule has 1 saturated heterocycles. The van der Waals surface area contributed by atoms with Gasteiger partial charge in [-0.05, 0) is 38.5 Å². The first kappa shape index (κ1) is 14.3. The normalized spacial score (nSPS) is 31.0. The average molecular weight is 280 g/mol. The van der Waals surface area contributed by atoms with E-state index in [1.54, 1.807) is 7.11 Å². The summed E-state index contributed by atoms with van der Waals surface area (Å²) in [5.41, 5.74) is -0.300. The predicted molar refractivity (Wildman–Crippen MR) is 78.3 cm³/mol. The number of ether oxygens (including phenoxy) is 1. The largest absolute Gasteiger partial charge is 0.376 e. The lowest BCUT2D eigenvalue weighted by Gasteiger charge is -2.44. The van der Waals surface area contributed by atoms with Crippen molar-refractivity contribution in [3.8, 4) is 0 Å². The third kappa shape index (κ3) is 2.17. The van der Waals surface area contributed by atoms with Gasteiger partial charge < -0.3 is 9.64 Å². The van der Waals surface area contributed by atoms with Gasteiger partial charge in [0.1, 0.15) is 0 Å². The van der Waals surface area contributed by atoms with E-state index in [2.05, 4.69) is 17.1 Å². The molecule has 20 heavy (non-hydrogen) atoms. The van der Waals surface area contributed by atoms with E-state index in [1.165, 1.54) is 19.3 Å². The highest BCUT2D eigenvalue weighted by Gasteiger charge is 2.54. The summed E-state index contributed by atoms with van der Waals surface area (Å²) in [5, 5.41) is 3.68. The summed E-state index contributed by atoms with van der Waals surface area (Å²) in [4.78, 5) is 15.1. The summed E-state index contributed by atoms with van der Waals surface area (Å²) < 4.78 is 5.74. The standard InChI is InChI=1S/C16H28N2O2/c1-3-7-13-17-16(10-4-5-11-16)14(19)18(13)12-15(20-2)8-6-9-15/h13,17H,3-12H2,1-2H3. The number of carbonyl (C=O) groups is 1. The fraction of sp³-hybridized carbons (Fsp3) is 0.938. The molecule has 0 radical (unpaired) electrons. The van der Waals surface area contributed by atoms with E-state index >= 15 is 0 Å². The van der Waals surface area contributed by atoms with Crippen LogP contribution in [0.3, 0.4) is 0 Å². The van der Waals surface area contributed by atoms with Crippen LogP contribution in [0.2, 0.25) is 0 Å². The predicted octanol–water partition coefficient (Wildman–Crippen LogP) is 2.43. The van der Waals surface area contributed by atoms with Crippen LogP contribution in [0.1, 0.15) is 64.7 Å². The lowest BCUT2D eigenvalue weighted by atomic mass is 9.79. The topological polar surface area (TPSA) is 41.6 Å². The van der Waals surface area contributed by atoms with Gasteiger partial charge in [0.25, 0.3) is 0 Å². The quantitative estimate of drug-likeness (QED) is 0.841. The van der Waals surface area contributed by atoms with Crippen molar-refractivity contribution < 1.29 is 9.53 Å². The molecule has 0 bridgehead atoms. The maximum Gasteiger partial charge on any atom is 0.244 e. The molecule has 3 aliphatic rings. The minimum absolute atomic E-state index is 0.0620. The van der Waals surface area contributed by atoms with Gasteiger partial charge in [0.05, 0.1) is 23.9 Å². The molecule has 4 heteroatoms. The van der Waals surface area contributed by atoms with Gasteiger partial charge in [-0.1, -0.05) is 26.2 Å². The Morgan fingerprint density at radius 3 is 2.45 bits per heavy atom. The molecule has 1 spiro atoms. The molecule has 1 aliphatic heterocycles. The molecule has 0 aromatic carbocycles. The maximum atomic E-state index is 13.0. The van der Waals surface area contributed by atoms with Gasteiger partial charge in [0.2, 0.25) is 5.91 Å². The van der Waals surface area contributed by atoms with Crippen molar-refractivity contribution in [2.24, 2.45) is 0 Å². The number of nitrogens with one attached hydrogen (secondary N) is 1. The molecule has 3 rings (SSSR count). The van der Waals surface area contributed by atoms with E-state index in [0.717, 1.165) is 45.1 Å². The molecule has 2 saturated carbocycles. The number of rotatable bonds is 5. The highest BCUT2D eigenvalue weighted by Crippen LogP contribution is 2.41. The summed E-state index contributed by atoms with van der Waals surface area (Å²) >= 11 is 0. The van der Waals surface area contributed by atoms with Gasteiger partial charge in [0, 0.05) is 7.11 Å². The van der Waals surface area contributed by atoms with Crippen molar-refractivity contribution in [2.45, 2.75) is 82.0 Å². The molecule has 3 fully saturated rings. The third-order valence-corrected chi connectivity index (χ3v) is 5.66. The summed E-state index contributed by atoms with van der Waals surface area (Å²) in [7, 11) is 1.80. The Morgan fingerprint density at radius 1 is 1.25 bits per heavy atom. The third-order valence-electron chi connectivity index (χ3n) is 5.66. The Labute approximate surface area is 122 Å². The molecule has 0 aromatic heterocycles. The van der Waals surface area contributed by atoms with Crippen LogP contribution >= 0.6 is 0 Å². The van der Waals surface area contributed by atoms with Crippen LogP contribution in [0, 0.1) is 0 Å².